The largest absolute Gasteiger partial charge is 0.355 e. The van der Waals surface area contributed by atoms with Crippen LogP contribution in [-0.4, -0.2) is 24.9 Å². The van der Waals surface area contributed by atoms with Crippen LogP contribution in [0.1, 0.15) is 44.6 Å². The lowest BCUT2D eigenvalue weighted by molar-refractivity contribution is -0.137. The Morgan fingerprint density at radius 1 is 1.13 bits per heavy atom. The Bertz CT molecular complexity index is 556. The summed E-state index contributed by atoms with van der Waals surface area (Å²) in [5.74, 6) is -0.263. The van der Waals surface area contributed by atoms with E-state index >= 15 is 0 Å². The summed E-state index contributed by atoms with van der Waals surface area (Å²) in [6, 6.07) is 7.59. The zero-order chi connectivity index (χ0) is 16.7. The van der Waals surface area contributed by atoms with Gasteiger partial charge in [-0.3, -0.25) is 9.59 Å². The fraction of sp³-hybridized carbons (Fsp3) is 0.556. The summed E-state index contributed by atoms with van der Waals surface area (Å²) < 4.78 is 0. The van der Waals surface area contributed by atoms with Gasteiger partial charge in [0.1, 0.15) is 5.41 Å². The average molecular weight is 337 g/mol. The lowest BCUT2D eigenvalue weighted by Crippen LogP contribution is -2.43. The molecule has 0 atom stereocenters. The van der Waals surface area contributed by atoms with E-state index in [0.717, 1.165) is 24.8 Å². The first-order valence-electron chi connectivity index (χ1n) is 8.39. The monoisotopic (exact) mass is 336 g/mol. The quantitative estimate of drug-likeness (QED) is 0.538. The van der Waals surface area contributed by atoms with Gasteiger partial charge in [-0.1, -0.05) is 43.5 Å². The maximum atomic E-state index is 12.3. The van der Waals surface area contributed by atoms with E-state index in [4.69, 9.17) is 11.6 Å². The predicted molar refractivity (Wildman–Crippen MR) is 92.4 cm³/mol. The van der Waals surface area contributed by atoms with E-state index in [-0.39, 0.29) is 11.8 Å². The summed E-state index contributed by atoms with van der Waals surface area (Å²) >= 11 is 5.94. The van der Waals surface area contributed by atoms with Gasteiger partial charge in [0.05, 0.1) is 0 Å². The molecule has 5 heteroatoms. The van der Waals surface area contributed by atoms with Crippen molar-refractivity contribution in [3.8, 4) is 0 Å². The van der Waals surface area contributed by atoms with Gasteiger partial charge in [-0.05, 0) is 43.4 Å². The van der Waals surface area contributed by atoms with Crippen LogP contribution in [0.15, 0.2) is 24.3 Å². The maximum Gasteiger partial charge on any atom is 0.235 e. The van der Waals surface area contributed by atoms with E-state index in [1.54, 1.807) is 0 Å². The van der Waals surface area contributed by atoms with Crippen LogP contribution < -0.4 is 10.6 Å². The number of rotatable bonds is 9. The Morgan fingerprint density at radius 3 is 2.43 bits per heavy atom. The SMILES string of the molecule is CCCCCNC(=O)C1(C(=O)NCCc2cccc(Cl)c2)CC1. The summed E-state index contributed by atoms with van der Waals surface area (Å²) in [5.41, 5.74) is 0.257. The minimum Gasteiger partial charge on any atom is -0.355 e. The smallest absolute Gasteiger partial charge is 0.235 e. The Kier molecular flexibility index (Phi) is 6.46. The Labute approximate surface area is 143 Å². The first-order chi connectivity index (χ1) is 11.1. The molecule has 2 amide bonds. The van der Waals surface area contributed by atoms with Crippen molar-refractivity contribution in [2.45, 2.75) is 45.4 Å². The molecule has 4 nitrogen and oxygen atoms in total. The second-order valence-corrected chi connectivity index (χ2v) is 6.62. The van der Waals surface area contributed by atoms with Crippen LogP contribution in [0.4, 0.5) is 0 Å². The zero-order valence-electron chi connectivity index (χ0n) is 13.7. The zero-order valence-corrected chi connectivity index (χ0v) is 14.4. The lowest BCUT2D eigenvalue weighted by atomic mass is 10.0. The van der Waals surface area contributed by atoms with Gasteiger partial charge in [0, 0.05) is 18.1 Å². The molecule has 1 aliphatic rings. The summed E-state index contributed by atoms with van der Waals surface area (Å²) in [6.45, 7) is 3.30. The Morgan fingerprint density at radius 2 is 1.83 bits per heavy atom. The third-order valence-corrected chi connectivity index (χ3v) is 4.51. The molecule has 1 aliphatic carbocycles. The van der Waals surface area contributed by atoms with Crippen molar-refractivity contribution in [3.05, 3.63) is 34.9 Å². The number of hydrogen-bond acceptors (Lipinski definition) is 2. The molecule has 1 aromatic rings. The van der Waals surface area contributed by atoms with E-state index in [0.29, 0.717) is 37.4 Å². The summed E-state index contributed by atoms with van der Waals surface area (Å²) in [6.07, 6.45) is 5.19. The Hall–Kier alpha value is -1.55. The van der Waals surface area contributed by atoms with Gasteiger partial charge in [-0.2, -0.15) is 0 Å². The number of nitrogens with one attached hydrogen (secondary N) is 2. The normalized spacial score (nSPS) is 15.0. The van der Waals surface area contributed by atoms with Gasteiger partial charge < -0.3 is 10.6 Å². The number of unbranched alkanes of at least 4 members (excludes halogenated alkanes) is 2. The third kappa shape index (κ3) is 4.96. The van der Waals surface area contributed by atoms with E-state index in [9.17, 15) is 9.59 Å². The second-order valence-electron chi connectivity index (χ2n) is 6.18. The minimum atomic E-state index is -0.819. The minimum absolute atomic E-state index is 0.117. The molecule has 0 unspecified atom stereocenters. The fourth-order valence-corrected chi connectivity index (χ4v) is 2.82. The maximum absolute atomic E-state index is 12.3. The molecule has 0 spiro atoms. The molecular weight excluding hydrogens is 312 g/mol. The topological polar surface area (TPSA) is 58.2 Å². The number of carbonyl (C=O) groups is 2. The van der Waals surface area contributed by atoms with Crippen LogP contribution in [0.5, 0.6) is 0 Å². The van der Waals surface area contributed by atoms with Gasteiger partial charge in [0.15, 0.2) is 0 Å². The molecule has 0 heterocycles. The molecule has 23 heavy (non-hydrogen) atoms. The van der Waals surface area contributed by atoms with Crippen molar-refractivity contribution in [1.82, 2.24) is 10.6 Å². The van der Waals surface area contributed by atoms with Crippen LogP contribution in [0.3, 0.4) is 0 Å². The first-order valence-corrected chi connectivity index (χ1v) is 8.77. The molecule has 2 N–H and O–H groups in total. The predicted octanol–water partition coefficient (Wildman–Crippen LogP) is 3.09. The van der Waals surface area contributed by atoms with E-state index in [1.165, 1.54) is 0 Å². The molecule has 1 aromatic carbocycles. The van der Waals surface area contributed by atoms with Gasteiger partial charge in [0.25, 0.3) is 0 Å². The van der Waals surface area contributed by atoms with Crippen LogP contribution in [0, 0.1) is 5.41 Å². The number of hydrogen-bond donors (Lipinski definition) is 2. The number of amides is 2. The average Bonchev–Trinajstić information content (AvgIpc) is 3.33. The third-order valence-electron chi connectivity index (χ3n) is 4.27. The van der Waals surface area contributed by atoms with E-state index < -0.39 is 5.41 Å². The standard InChI is InChI=1S/C18H25ClN2O2/c1-2-3-4-11-20-16(22)18(9-10-18)17(23)21-12-8-14-6-5-7-15(19)13-14/h5-7,13H,2-4,8-12H2,1H3,(H,20,22)(H,21,23). The van der Waals surface area contributed by atoms with Crippen LogP contribution in [0.25, 0.3) is 0 Å². The van der Waals surface area contributed by atoms with Gasteiger partial charge in [-0.25, -0.2) is 0 Å². The van der Waals surface area contributed by atoms with Gasteiger partial charge >= 0.3 is 0 Å². The number of benzene rings is 1. The van der Waals surface area contributed by atoms with Crippen molar-refractivity contribution in [3.63, 3.8) is 0 Å². The van der Waals surface area contributed by atoms with E-state index in [2.05, 4.69) is 17.6 Å². The molecule has 0 radical (unpaired) electrons. The number of halogens is 1. The Balaban J connectivity index is 1.75. The molecule has 2 rings (SSSR count). The van der Waals surface area contributed by atoms with Crippen molar-refractivity contribution >= 4 is 23.4 Å². The second kappa shape index (κ2) is 8.34. The van der Waals surface area contributed by atoms with Gasteiger partial charge in [0.2, 0.25) is 11.8 Å². The van der Waals surface area contributed by atoms with Gasteiger partial charge in [-0.15, -0.1) is 0 Å². The molecule has 1 fully saturated rings. The van der Waals surface area contributed by atoms with E-state index in [1.807, 2.05) is 24.3 Å². The van der Waals surface area contributed by atoms with Crippen molar-refractivity contribution in [1.29, 1.82) is 0 Å². The highest BCUT2D eigenvalue weighted by Crippen LogP contribution is 2.46. The molecular formula is C18H25ClN2O2. The molecule has 1 saturated carbocycles. The fourth-order valence-electron chi connectivity index (χ4n) is 2.61. The van der Waals surface area contributed by atoms with Crippen LogP contribution >= 0.6 is 11.6 Å². The number of carbonyl (C=O) groups excluding carboxylic acids is 2. The molecule has 0 bridgehead atoms. The summed E-state index contributed by atoms with van der Waals surface area (Å²) in [7, 11) is 0. The highest BCUT2D eigenvalue weighted by Gasteiger charge is 2.56. The van der Waals surface area contributed by atoms with Crippen LogP contribution in [-0.2, 0) is 16.0 Å². The van der Waals surface area contributed by atoms with Crippen molar-refractivity contribution in [2.75, 3.05) is 13.1 Å². The highest BCUT2D eigenvalue weighted by molar-refractivity contribution is 6.30. The van der Waals surface area contributed by atoms with Crippen LogP contribution in [0.2, 0.25) is 5.02 Å². The highest BCUT2D eigenvalue weighted by atomic mass is 35.5. The van der Waals surface area contributed by atoms with Crippen molar-refractivity contribution < 1.29 is 9.59 Å². The summed E-state index contributed by atoms with van der Waals surface area (Å²) in [5, 5.41) is 6.49. The summed E-state index contributed by atoms with van der Waals surface area (Å²) in [4.78, 5) is 24.5. The van der Waals surface area contributed by atoms with Crippen molar-refractivity contribution in [2.24, 2.45) is 5.41 Å². The molecule has 0 aliphatic heterocycles. The lowest BCUT2D eigenvalue weighted by Gasteiger charge is -2.15. The molecule has 0 aromatic heterocycles. The first kappa shape index (κ1) is 17.8. The molecule has 126 valence electrons. The molecule has 0 saturated heterocycles.